The summed E-state index contributed by atoms with van der Waals surface area (Å²) in [7, 11) is 1.68. The molecule has 2 unspecified atom stereocenters. The molecule has 2 aliphatic carbocycles. The number of rotatable bonds is 3. The second-order valence-corrected chi connectivity index (χ2v) is 6.31. The minimum Gasteiger partial charge on any atom is -0.497 e. The molecule has 0 aromatic heterocycles. The van der Waals surface area contributed by atoms with Crippen molar-refractivity contribution in [2.45, 2.75) is 50.9 Å². The molecule has 0 heterocycles. The Labute approximate surface area is 121 Å². The third kappa shape index (κ3) is 2.61. The summed E-state index contributed by atoms with van der Waals surface area (Å²) in [6, 6.07) is 8.08. The van der Waals surface area contributed by atoms with E-state index in [1.54, 1.807) is 7.11 Å². The lowest BCUT2D eigenvalue weighted by Crippen LogP contribution is -2.31. The lowest BCUT2D eigenvalue weighted by molar-refractivity contribution is -0.128. The molecule has 0 bridgehead atoms. The summed E-state index contributed by atoms with van der Waals surface area (Å²) in [5, 5.41) is 0. The highest BCUT2D eigenvalue weighted by Crippen LogP contribution is 2.42. The van der Waals surface area contributed by atoms with Gasteiger partial charge in [-0.15, -0.1) is 0 Å². The lowest BCUT2D eigenvalue weighted by atomic mass is 9.71. The molecular weight excluding hydrogens is 248 g/mol. The van der Waals surface area contributed by atoms with E-state index < -0.39 is 0 Å². The minimum atomic E-state index is 0.125. The van der Waals surface area contributed by atoms with Crippen molar-refractivity contribution in [1.82, 2.24) is 0 Å². The van der Waals surface area contributed by atoms with E-state index in [2.05, 4.69) is 12.1 Å². The predicted octanol–water partition coefficient (Wildman–Crippen LogP) is 4.34. The molecule has 0 spiro atoms. The zero-order chi connectivity index (χ0) is 13.9. The molecule has 108 valence electrons. The molecule has 2 heteroatoms. The summed E-state index contributed by atoms with van der Waals surface area (Å²) in [4.78, 5) is 12.8. The first-order valence-corrected chi connectivity index (χ1v) is 7.97. The Morgan fingerprint density at radius 3 is 2.30 bits per heavy atom. The number of methoxy groups -OCH3 is 1. The molecule has 2 atom stereocenters. The highest BCUT2D eigenvalue weighted by Gasteiger charge is 2.37. The predicted molar refractivity (Wildman–Crippen MR) is 80.0 cm³/mol. The van der Waals surface area contributed by atoms with Gasteiger partial charge in [0.25, 0.3) is 0 Å². The van der Waals surface area contributed by atoms with Crippen LogP contribution >= 0.6 is 0 Å². The molecule has 1 aromatic carbocycles. The van der Waals surface area contributed by atoms with E-state index >= 15 is 0 Å². The summed E-state index contributed by atoms with van der Waals surface area (Å²) < 4.78 is 5.20. The van der Waals surface area contributed by atoms with Crippen LogP contribution in [0.1, 0.15) is 56.4 Å². The van der Waals surface area contributed by atoms with Gasteiger partial charge >= 0.3 is 0 Å². The number of carbonyl (C=O) groups is 1. The van der Waals surface area contributed by atoms with Crippen molar-refractivity contribution < 1.29 is 9.53 Å². The molecule has 20 heavy (non-hydrogen) atoms. The maximum absolute atomic E-state index is 12.8. The van der Waals surface area contributed by atoms with Gasteiger partial charge < -0.3 is 4.74 Å². The zero-order valence-electron chi connectivity index (χ0n) is 12.3. The van der Waals surface area contributed by atoms with Crippen LogP contribution in [0.2, 0.25) is 0 Å². The van der Waals surface area contributed by atoms with Crippen molar-refractivity contribution in [3.8, 4) is 5.75 Å². The summed E-state index contributed by atoms with van der Waals surface area (Å²) in [5.41, 5.74) is 1.18. The first-order chi connectivity index (χ1) is 9.79. The molecule has 2 nitrogen and oxygen atoms in total. The molecule has 1 aromatic rings. The number of ketones is 1. The largest absolute Gasteiger partial charge is 0.497 e. The molecule has 0 amide bonds. The molecule has 2 saturated carbocycles. The average molecular weight is 272 g/mol. The molecule has 0 radical (unpaired) electrons. The number of carbonyl (C=O) groups excluding carboxylic acids is 1. The highest BCUT2D eigenvalue weighted by atomic mass is 16.5. The van der Waals surface area contributed by atoms with Crippen LogP contribution in [0, 0.1) is 11.8 Å². The van der Waals surface area contributed by atoms with E-state index in [1.807, 2.05) is 12.1 Å². The standard InChI is InChI=1S/C18H24O2/c1-20-15-11-9-14(10-12-15)17-8-4-7-16(18(17)19)13-5-2-3-6-13/h9-13,16-17H,2-8H2,1H3. The first-order valence-electron chi connectivity index (χ1n) is 7.97. The maximum atomic E-state index is 12.8. The molecular formula is C18H24O2. The first kappa shape index (κ1) is 13.7. The number of Topliss-reactive ketones (excluding diaryl/α,β-unsaturated/α-hetero) is 1. The van der Waals surface area contributed by atoms with Gasteiger partial charge in [0.15, 0.2) is 0 Å². The fourth-order valence-electron chi connectivity index (χ4n) is 4.08. The Balaban J connectivity index is 1.76. The van der Waals surface area contributed by atoms with E-state index in [0.717, 1.165) is 18.6 Å². The highest BCUT2D eigenvalue weighted by molar-refractivity contribution is 5.88. The zero-order valence-corrected chi connectivity index (χ0v) is 12.3. The average Bonchev–Trinajstić information content (AvgIpc) is 3.02. The van der Waals surface area contributed by atoms with Gasteiger partial charge in [-0.25, -0.2) is 0 Å². The van der Waals surface area contributed by atoms with Gasteiger partial charge in [-0.05, 0) is 49.3 Å². The van der Waals surface area contributed by atoms with Gasteiger partial charge in [0.05, 0.1) is 7.11 Å². The van der Waals surface area contributed by atoms with Crippen LogP contribution in [0.4, 0.5) is 0 Å². The Hall–Kier alpha value is -1.31. The summed E-state index contributed by atoms with van der Waals surface area (Å²) in [6.45, 7) is 0. The van der Waals surface area contributed by atoms with Gasteiger partial charge in [-0.2, -0.15) is 0 Å². The van der Waals surface area contributed by atoms with E-state index in [0.29, 0.717) is 17.6 Å². The number of ether oxygens (including phenoxy) is 1. The molecule has 2 aliphatic rings. The van der Waals surface area contributed by atoms with E-state index in [4.69, 9.17) is 4.74 Å². The van der Waals surface area contributed by atoms with E-state index in [9.17, 15) is 4.79 Å². The quantitative estimate of drug-likeness (QED) is 0.818. The van der Waals surface area contributed by atoms with Crippen LogP contribution < -0.4 is 4.74 Å². The van der Waals surface area contributed by atoms with Gasteiger partial charge in [-0.1, -0.05) is 31.4 Å². The fraction of sp³-hybridized carbons (Fsp3) is 0.611. The van der Waals surface area contributed by atoms with Crippen LogP contribution in [0.25, 0.3) is 0 Å². The summed E-state index contributed by atoms with van der Waals surface area (Å²) in [6.07, 6.45) is 8.52. The van der Waals surface area contributed by atoms with Crippen molar-refractivity contribution in [3.05, 3.63) is 29.8 Å². The van der Waals surface area contributed by atoms with Crippen LogP contribution in [0.3, 0.4) is 0 Å². The normalized spacial score (nSPS) is 27.8. The van der Waals surface area contributed by atoms with Crippen molar-refractivity contribution in [1.29, 1.82) is 0 Å². The van der Waals surface area contributed by atoms with E-state index in [1.165, 1.54) is 37.7 Å². The smallest absolute Gasteiger partial charge is 0.143 e. The van der Waals surface area contributed by atoms with Gasteiger partial charge in [0.2, 0.25) is 0 Å². The van der Waals surface area contributed by atoms with Gasteiger partial charge in [0, 0.05) is 11.8 Å². The van der Waals surface area contributed by atoms with E-state index in [-0.39, 0.29) is 5.92 Å². The van der Waals surface area contributed by atoms with Crippen molar-refractivity contribution in [2.75, 3.05) is 7.11 Å². The Bertz CT molecular complexity index is 457. The summed E-state index contributed by atoms with van der Waals surface area (Å²) >= 11 is 0. The second-order valence-electron chi connectivity index (χ2n) is 6.31. The van der Waals surface area contributed by atoms with Crippen LogP contribution in [-0.4, -0.2) is 12.9 Å². The van der Waals surface area contributed by atoms with Crippen molar-refractivity contribution in [2.24, 2.45) is 11.8 Å². The van der Waals surface area contributed by atoms with Crippen molar-refractivity contribution >= 4 is 5.78 Å². The number of benzene rings is 1. The SMILES string of the molecule is COc1ccc(C2CCCC(C3CCCC3)C2=O)cc1. The molecule has 2 fully saturated rings. The molecule has 0 N–H and O–H groups in total. The molecule has 3 rings (SSSR count). The van der Waals surface area contributed by atoms with Crippen LogP contribution in [0.5, 0.6) is 5.75 Å². The fourth-order valence-corrected chi connectivity index (χ4v) is 4.08. The Kier molecular flexibility index (Phi) is 4.09. The van der Waals surface area contributed by atoms with Crippen LogP contribution in [-0.2, 0) is 4.79 Å². The monoisotopic (exact) mass is 272 g/mol. The molecule has 0 aliphatic heterocycles. The Morgan fingerprint density at radius 2 is 1.65 bits per heavy atom. The maximum Gasteiger partial charge on any atom is 0.143 e. The van der Waals surface area contributed by atoms with Gasteiger partial charge in [-0.3, -0.25) is 4.79 Å². The summed E-state index contributed by atoms with van der Waals surface area (Å²) in [5.74, 6) is 2.50. The topological polar surface area (TPSA) is 26.3 Å². The third-order valence-corrected chi connectivity index (χ3v) is 5.20. The number of hydrogen-bond acceptors (Lipinski definition) is 2. The lowest BCUT2D eigenvalue weighted by Gasteiger charge is -2.31. The Morgan fingerprint density at radius 1 is 0.950 bits per heavy atom. The number of hydrogen-bond donors (Lipinski definition) is 0. The third-order valence-electron chi connectivity index (χ3n) is 5.20. The van der Waals surface area contributed by atoms with Crippen molar-refractivity contribution in [3.63, 3.8) is 0 Å². The van der Waals surface area contributed by atoms with Gasteiger partial charge in [0.1, 0.15) is 11.5 Å². The van der Waals surface area contributed by atoms with Crippen LogP contribution in [0.15, 0.2) is 24.3 Å². The minimum absolute atomic E-state index is 0.125. The second kappa shape index (κ2) is 5.99. The molecule has 0 saturated heterocycles.